The van der Waals surface area contributed by atoms with E-state index in [0.717, 1.165) is 18.4 Å². The molecule has 4 fully saturated rings. The quantitative estimate of drug-likeness (QED) is 0.487. The van der Waals surface area contributed by atoms with Gasteiger partial charge >= 0.3 is 0 Å². The van der Waals surface area contributed by atoms with E-state index < -0.39 is 34.7 Å². The summed E-state index contributed by atoms with van der Waals surface area (Å²) in [6, 6.07) is 0. The van der Waals surface area contributed by atoms with Gasteiger partial charge in [-0.25, -0.2) is 0 Å². The molecule has 4 aliphatic carbocycles. The summed E-state index contributed by atoms with van der Waals surface area (Å²) < 4.78 is 6.54. The van der Waals surface area contributed by atoms with E-state index in [9.17, 15) is 24.9 Å². The van der Waals surface area contributed by atoms with Crippen LogP contribution in [0, 0.1) is 39.4 Å². The normalized spacial score (nSPS) is 51.5. The van der Waals surface area contributed by atoms with E-state index >= 15 is 0 Å². The molecule has 0 spiro atoms. The Morgan fingerprint density at radius 3 is 2.31 bits per heavy atom. The Morgan fingerprint density at radius 1 is 1.03 bits per heavy atom. The predicted molar refractivity (Wildman–Crippen MR) is 131 cm³/mol. The number of carbonyl (C=O) groups excluding carboxylic acids is 2. The first-order chi connectivity index (χ1) is 16.0. The number of rotatable bonds is 1. The van der Waals surface area contributed by atoms with E-state index in [1.165, 1.54) is 0 Å². The molecule has 6 heteroatoms. The van der Waals surface area contributed by atoms with Crippen LogP contribution in [0.4, 0.5) is 0 Å². The van der Waals surface area contributed by atoms with Gasteiger partial charge in [-0.3, -0.25) is 9.59 Å². The van der Waals surface area contributed by atoms with Crippen LogP contribution in [0.3, 0.4) is 0 Å². The summed E-state index contributed by atoms with van der Waals surface area (Å²) in [7, 11) is 0. The lowest BCUT2D eigenvalue weighted by Gasteiger charge is -2.64. The van der Waals surface area contributed by atoms with Crippen LogP contribution in [-0.2, 0) is 14.3 Å². The van der Waals surface area contributed by atoms with Gasteiger partial charge < -0.3 is 20.1 Å². The molecule has 1 saturated heterocycles. The zero-order chi connectivity index (χ0) is 25.9. The first kappa shape index (κ1) is 25.6. The van der Waals surface area contributed by atoms with E-state index in [4.69, 9.17) is 4.74 Å². The first-order valence-electron chi connectivity index (χ1n) is 13.5. The van der Waals surface area contributed by atoms with Gasteiger partial charge in [0.1, 0.15) is 11.6 Å². The van der Waals surface area contributed by atoms with Gasteiger partial charge in [0.25, 0.3) is 0 Å². The molecule has 5 aliphatic rings. The molecule has 0 aromatic heterocycles. The second-order valence-electron chi connectivity index (χ2n) is 14.3. The number of aliphatic hydroxyl groups excluding tert-OH is 2. The number of allylic oxidation sites excluding steroid dienone is 1. The lowest BCUT2D eigenvalue weighted by atomic mass is 9.38. The van der Waals surface area contributed by atoms with Gasteiger partial charge in [-0.1, -0.05) is 46.3 Å². The molecule has 0 radical (unpaired) electrons. The van der Waals surface area contributed by atoms with Crippen molar-refractivity contribution in [1.82, 2.24) is 0 Å². The molecule has 1 aliphatic heterocycles. The summed E-state index contributed by atoms with van der Waals surface area (Å²) in [5.41, 5.74) is -1.85. The smallest absolute Gasteiger partial charge is 0.140 e. The molecule has 3 saturated carbocycles. The van der Waals surface area contributed by atoms with E-state index in [0.29, 0.717) is 19.3 Å². The lowest BCUT2D eigenvalue weighted by molar-refractivity contribution is -0.176. The van der Waals surface area contributed by atoms with Gasteiger partial charge in [0.05, 0.1) is 30.0 Å². The fraction of sp³-hybridized carbons (Fsp3) is 0.862. The number of Topliss-reactive ketones (excluding diaryl/α,β-unsaturated/α-hetero) is 2. The highest BCUT2D eigenvalue weighted by Crippen LogP contribution is 2.74. The van der Waals surface area contributed by atoms with Crippen LogP contribution in [0.1, 0.15) is 87.0 Å². The fourth-order valence-electron chi connectivity index (χ4n) is 9.35. The zero-order valence-corrected chi connectivity index (χ0v) is 22.4. The molecular weight excluding hydrogens is 444 g/mol. The molecule has 0 aromatic rings. The molecule has 0 unspecified atom stereocenters. The van der Waals surface area contributed by atoms with Crippen LogP contribution in [-0.4, -0.2) is 56.9 Å². The summed E-state index contributed by atoms with van der Waals surface area (Å²) >= 11 is 0. The lowest BCUT2D eigenvalue weighted by Crippen LogP contribution is -2.64. The molecule has 196 valence electrons. The van der Waals surface area contributed by atoms with Crippen LogP contribution in [0.2, 0.25) is 0 Å². The number of ketones is 2. The van der Waals surface area contributed by atoms with Crippen LogP contribution in [0.15, 0.2) is 11.6 Å². The zero-order valence-electron chi connectivity index (χ0n) is 22.4. The highest BCUT2D eigenvalue weighted by atomic mass is 16.5. The van der Waals surface area contributed by atoms with Crippen LogP contribution >= 0.6 is 0 Å². The molecule has 3 N–H and O–H groups in total. The van der Waals surface area contributed by atoms with E-state index in [1.807, 2.05) is 13.8 Å². The maximum absolute atomic E-state index is 14.2. The predicted octanol–water partition coefficient (Wildman–Crippen LogP) is 3.60. The van der Waals surface area contributed by atoms with Crippen molar-refractivity contribution in [2.75, 3.05) is 0 Å². The highest BCUT2D eigenvalue weighted by Gasteiger charge is 2.73. The third kappa shape index (κ3) is 3.22. The molecule has 10 atom stereocenters. The average molecular weight is 489 g/mol. The second kappa shape index (κ2) is 7.49. The minimum Gasteiger partial charge on any atom is -0.390 e. The van der Waals surface area contributed by atoms with Crippen molar-refractivity contribution in [1.29, 1.82) is 0 Å². The second-order valence-corrected chi connectivity index (χ2v) is 14.3. The molecular formula is C29H44O6. The summed E-state index contributed by atoms with van der Waals surface area (Å²) in [5.74, 6) is 0.211. The number of hydrogen-bond acceptors (Lipinski definition) is 6. The summed E-state index contributed by atoms with van der Waals surface area (Å²) in [6.45, 7) is 13.9. The van der Waals surface area contributed by atoms with Crippen molar-refractivity contribution < 1.29 is 29.6 Å². The van der Waals surface area contributed by atoms with E-state index in [1.54, 1.807) is 13.8 Å². The van der Waals surface area contributed by atoms with Gasteiger partial charge in [0.2, 0.25) is 0 Å². The average Bonchev–Trinajstić information content (AvgIpc) is 2.84. The van der Waals surface area contributed by atoms with Crippen LogP contribution in [0.25, 0.3) is 0 Å². The Bertz CT molecular complexity index is 976. The third-order valence-corrected chi connectivity index (χ3v) is 11.8. The first-order valence-corrected chi connectivity index (χ1v) is 13.5. The Balaban J connectivity index is 1.59. The maximum Gasteiger partial charge on any atom is 0.140 e. The molecule has 0 amide bonds. The number of carbonyl (C=O) groups is 2. The highest BCUT2D eigenvalue weighted by molar-refractivity contribution is 5.88. The summed E-state index contributed by atoms with van der Waals surface area (Å²) in [6.07, 6.45) is 2.70. The largest absolute Gasteiger partial charge is 0.390 e. The minimum atomic E-state index is -1.11. The SMILES string of the molecule is CC(C)(O)[C@@H]1CC(=O)C[C@H]2[C@H](C[C@@]3(C)[C@@H]4CC=C5[C@@H](C[C@@H](O)[C@@H](O)C5(C)C)[C@]4(C)C(=O)C[C@]23C)O1. The fourth-order valence-corrected chi connectivity index (χ4v) is 9.35. The van der Waals surface area contributed by atoms with Gasteiger partial charge in [0, 0.05) is 30.1 Å². The van der Waals surface area contributed by atoms with Crippen molar-refractivity contribution in [2.24, 2.45) is 39.4 Å². The standard InChI is InChI=1S/C29H44O6/c1-25(2)16-8-9-21-28(6)13-20-18(10-15(30)11-23(35-20)26(3,4)34)27(28,5)14-22(32)29(21,7)17(16)12-19(31)24(25)33/h8,17-21,23-24,31,33-34H,9-14H2,1-7H3/t17-,18+,19-,20+,21+,23+,24-,27-,28+,29+/m1/s1. The number of hydrogen-bond donors (Lipinski definition) is 3. The Labute approximate surface area is 209 Å². The van der Waals surface area contributed by atoms with Crippen molar-refractivity contribution in [3.8, 4) is 0 Å². The van der Waals surface area contributed by atoms with E-state index in [2.05, 4.69) is 26.8 Å². The molecule has 5 rings (SSSR count). The van der Waals surface area contributed by atoms with Crippen LogP contribution < -0.4 is 0 Å². The summed E-state index contributed by atoms with van der Waals surface area (Å²) in [5, 5.41) is 32.3. The summed E-state index contributed by atoms with van der Waals surface area (Å²) in [4.78, 5) is 27.2. The molecule has 0 bridgehead atoms. The number of aliphatic hydroxyl groups is 3. The van der Waals surface area contributed by atoms with Crippen molar-refractivity contribution in [2.45, 2.75) is 117 Å². The van der Waals surface area contributed by atoms with E-state index in [-0.39, 0.29) is 52.7 Å². The molecule has 35 heavy (non-hydrogen) atoms. The van der Waals surface area contributed by atoms with Crippen molar-refractivity contribution >= 4 is 11.6 Å². The maximum atomic E-state index is 14.2. The Kier molecular flexibility index (Phi) is 5.47. The topological polar surface area (TPSA) is 104 Å². The Hall–Kier alpha value is -1.08. The van der Waals surface area contributed by atoms with Gasteiger partial charge in [0.15, 0.2) is 0 Å². The molecule has 1 heterocycles. The van der Waals surface area contributed by atoms with Gasteiger partial charge in [-0.05, 0) is 61.7 Å². The molecule has 0 aromatic carbocycles. The van der Waals surface area contributed by atoms with Crippen molar-refractivity contribution in [3.05, 3.63) is 11.6 Å². The third-order valence-electron chi connectivity index (χ3n) is 11.8. The monoisotopic (exact) mass is 488 g/mol. The van der Waals surface area contributed by atoms with Crippen molar-refractivity contribution in [3.63, 3.8) is 0 Å². The Morgan fingerprint density at radius 2 is 1.69 bits per heavy atom. The number of fused-ring (bicyclic) bond motifs is 7. The van der Waals surface area contributed by atoms with Gasteiger partial charge in [-0.15, -0.1) is 0 Å². The minimum absolute atomic E-state index is 0.0542. The van der Waals surface area contributed by atoms with Gasteiger partial charge in [-0.2, -0.15) is 0 Å². The van der Waals surface area contributed by atoms with Crippen LogP contribution in [0.5, 0.6) is 0 Å². The molecule has 6 nitrogen and oxygen atoms in total. The number of ether oxygens (including phenoxy) is 1.